The minimum Gasteiger partial charge on any atom is -0.378 e. The van der Waals surface area contributed by atoms with Crippen molar-refractivity contribution in [3.63, 3.8) is 0 Å². The van der Waals surface area contributed by atoms with E-state index in [-0.39, 0.29) is 24.4 Å². The lowest BCUT2D eigenvalue weighted by atomic mass is 10.2. The van der Waals surface area contributed by atoms with Crippen molar-refractivity contribution in [3.05, 3.63) is 0 Å². The predicted octanol–water partition coefficient (Wildman–Crippen LogP) is -1.40. The van der Waals surface area contributed by atoms with Gasteiger partial charge in [-0.3, -0.25) is 19.4 Å². The molecule has 7 heteroatoms. The molecule has 7 nitrogen and oxygen atoms in total. The summed E-state index contributed by atoms with van der Waals surface area (Å²) in [6, 6.07) is -0.194. The van der Waals surface area contributed by atoms with Gasteiger partial charge in [-0.05, 0) is 6.92 Å². The Morgan fingerprint density at radius 2 is 1.83 bits per heavy atom. The summed E-state index contributed by atoms with van der Waals surface area (Å²) in [7, 11) is 0. The Hall–Kier alpha value is -1.62. The molecule has 0 spiro atoms. The summed E-state index contributed by atoms with van der Waals surface area (Å²) >= 11 is 0. The summed E-state index contributed by atoms with van der Waals surface area (Å²) in [5.74, 6) is 2.53. The Bertz CT molecular complexity index is 449. The van der Waals surface area contributed by atoms with Crippen molar-refractivity contribution in [1.29, 1.82) is 0 Å². The highest BCUT2D eigenvalue weighted by Crippen LogP contribution is 2.08. The number of carbonyl (C=O) groups excluding carboxylic acids is 2. The lowest BCUT2D eigenvalue weighted by Gasteiger charge is -2.38. The van der Waals surface area contributed by atoms with Gasteiger partial charge in [-0.25, -0.2) is 0 Å². The lowest BCUT2D eigenvalue weighted by molar-refractivity contribution is -0.137. The van der Waals surface area contributed by atoms with E-state index < -0.39 is 0 Å². The average Bonchev–Trinajstić information content (AvgIpc) is 2.60. The van der Waals surface area contributed by atoms with E-state index in [1.165, 1.54) is 0 Å². The molecular formula is C16H26N4O3. The predicted molar refractivity (Wildman–Crippen MR) is 86.7 cm³/mol. The summed E-state index contributed by atoms with van der Waals surface area (Å²) in [6.45, 7) is 8.38. The largest absolute Gasteiger partial charge is 0.378 e. The van der Waals surface area contributed by atoms with E-state index in [0.717, 1.165) is 26.2 Å². The molecule has 0 saturated carbocycles. The smallest absolute Gasteiger partial charge is 0.237 e. The van der Waals surface area contributed by atoms with Crippen LogP contribution >= 0.6 is 0 Å². The topological polar surface area (TPSA) is 65.1 Å². The minimum absolute atomic E-state index is 0.0409. The van der Waals surface area contributed by atoms with Crippen molar-refractivity contribution in [2.24, 2.45) is 0 Å². The number of ether oxygens (including phenoxy) is 1. The van der Waals surface area contributed by atoms with Gasteiger partial charge in [-0.2, -0.15) is 0 Å². The zero-order chi connectivity index (χ0) is 16.7. The van der Waals surface area contributed by atoms with Gasteiger partial charge >= 0.3 is 0 Å². The molecule has 0 bridgehead atoms. The summed E-state index contributed by atoms with van der Waals surface area (Å²) in [5, 5.41) is 2.71. The van der Waals surface area contributed by atoms with Gasteiger partial charge in [0.25, 0.3) is 0 Å². The number of nitrogens with zero attached hydrogens (tertiary/aromatic N) is 3. The summed E-state index contributed by atoms with van der Waals surface area (Å²) in [5.41, 5.74) is 0. The van der Waals surface area contributed by atoms with Gasteiger partial charge in [0.1, 0.15) is 0 Å². The molecule has 1 atom stereocenters. The van der Waals surface area contributed by atoms with Crippen LogP contribution < -0.4 is 5.32 Å². The molecule has 2 fully saturated rings. The zero-order valence-corrected chi connectivity index (χ0v) is 13.8. The van der Waals surface area contributed by atoms with Crippen LogP contribution in [0.3, 0.4) is 0 Å². The number of hydrogen-bond acceptors (Lipinski definition) is 5. The van der Waals surface area contributed by atoms with Gasteiger partial charge in [0.15, 0.2) is 0 Å². The van der Waals surface area contributed by atoms with Crippen LogP contribution in [0.15, 0.2) is 0 Å². The maximum Gasteiger partial charge on any atom is 0.237 e. The molecule has 2 saturated heterocycles. The highest BCUT2D eigenvalue weighted by Gasteiger charge is 2.27. The first kappa shape index (κ1) is 17.7. The summed E-state index contributed by atoms with van der Waals surface area (Å²) in [4.78, 5) is 30.3. The molecule has 128 valence electrons. The van der Waals surface area contributed by atoms with Crippen molar-refractivity contribution in [2.75, 3.05) is 65.6 Å². The second-order valence-electron chi connectivity index (χ2n) is 5.90. The Balaban J connectivity index is 1.72. The van der Waals surface area contributed by atoms with Gasteiger partial charge in [-0.1, -0.05) is 5.92 Å². The van der Waals surface area contributed by atoms with Crippen LogP contribution in [0, 0.1) is 12.3 Å². The second kappa shape index (κ2) is 8.87. The number of morpholine rings is 1. The van der Waals surface area contributed by atoms with Gasteiger partial charge in [0, 0.05) is 39.3 Å². The zero-order valence-electron chi connectivity index (χ0n) is 13.8. The summed E-state index contributed by atoms with van der Waals surface area (Å²) in [6.07, 6.45) is 5.15. The number of terminal acetylenes is 1. The van der Waals surface area contributed by atoms with Crippen molar-refractivity contribution >= 4 is 11.8 Å². The number of carbonyl (C=O) groups is 2. The quantitative estimate of drug-likeness (QED) is 0.631. The Morgan fingerprint density at radius 3 is 2.43 bits per heavy atom. The highest BCUT2D eigenvalue weighted by atomic mass is 16.5. The fraction of sp³-hybridized carbons (Fsp3) is 0.750. The molecule has 2 aliphatic rings. The first-order valence-corrected chi connectivity index (χ1v) is 8.15. The van der Waals surface area contributed by atoms with Crippen LogP contribution in [-0.4, -0.2) is 98.1 Å². The Labute approximate surface area is 137 Å². The summed E-state index contributed by atoms with van der Waals surface area (Å²) < 4.78 is 5.27. The molecule has 2 rings (SSSR count). The molecule has 23 heavy (non-hydrogen) atoms. The number of piperazine rings is 1. The third kappa shape index (κ3) is 5.20. The molecule has 0 aromatic heterocycles. The molecule has 0 radical (unpaired) electrons. The van der Waals surface area contributed by atoms with Crippen molar-refractivity contribution in [2.45, 2.75) is 13.0 Å². The fourth-order valence-corrected chi connectivity index (χ4v) is 2.86. The second-order valence-corrected chi connectivity index (χ2v) is 5.90. The standard InChI is InChI=1S/C16H26N4O3/c1-3-4-17-16(22)14(2)19-7-5-18(6-8-19)13-15(21)20-9-11-23-12-10-20/h1,14H,4-13H2,2H3,(H,17,22). The number of rotatable bonds is 5. The van der Waals surface area contributed by atoms with Crippen LogP contribution in [-0.2, 0) is 14.3 Å². The molecule has 0 aromatic rings. The van der Waals surface area contributed by atoms with Gasteiger partial charge in [0.05, 0.1) is 32.3 Å². The average molecular weight is 322 g/mol. The number of hydrogen-bond donors (Lipinski definition) is 1. The van der Waals surface area contributed by atoms with Crippen LogP contribution in [0.5, 0.6) is 0 Å². The van der Waals surface area contributed by atoms with Gasteiger partial charge in [0.2, 0.25) is 11.8 Å². The van der Waals surface area contributed by atoms with Crippen LogP contribution in [0.25, 0.3) is 0 Å². The first-order valence-electron chi connectivity index (χ1n) is 8.15. The Morgan fingerprint density at radius 1 is 1.17 bits per heavy atom. The van der Waals surface area contributed by atoms with Crippen LogP contribution in [0.4, 0.5) is 0 Å². The highest BCUT2D eigenvalue weighted by molar-refractivity contribution is 5.81. The van der Waals surface area contributed by atoms with Gasteiger partial charge in [-0.15, -0.1) is 6.42 Å². The van der Waals surface area contributed by atoms with Crippen molar-refractivity contribution < 1.29 is 14.3 Å². The van der Waals surface area contributed by atoms with E-state index >= 15 is 0 Å². The van der Waals surface area contributed by atoms with Crippen molar-refractivity contribution in [3.8, 4) is 12.3 Å². The van der Waals surface area contributed by atoms with E-state index in [0.29, 0.717) is 32.8 Å². The van der Waals surface area contributed by atoms with E-state index in [9.17, 15) is 9.59 Å². The molecule has 1 unspecified atom stereocenters. The SMILES string of the molecule is C#CCNC(=O)C(C)N1CCN(CC(=O)N2CCOCC2)CC1. The van der Waals surface area contributed by atoms with E-state index in [4.69, 9.17) is 11.2 Å². The minimum atomic E-state index is -0.194. The molecule has 2 heterocycles. The third-order valence-electron chi connectivity index (χ3n) is 4.42. The molecular weight excluding hydrogens is 296 g/mol. The normalized spacial score (nSPS) is 21.5. The number of nitrogens with one attached hydrogen (secondary N) is 1. The molecule has 1 N–H and O–H groups in total. The monoisotopic (exact) mass is 322 g/mol. The maximum absolute atomic E-state index is 12.2. The fourth-order valence-electron chi connectivity index (χ4n) is 2.86. The maximum atomic E-state index is 12.2. The first-order chi connectivity index (χ1) is 11.1. The molecule has 0 aliphatic carbocycles. The molecule has 0 aromatic carbocycles. The third-order valence-corrected chi connectivity index (χ3v) is 4.42. The number of amides is 2. The Kier molecular flexibility index (Phi) is 6.84. The van der Waals surface area contributed by atoms with Gasteiger partial charge < -0.3 is 15.0 Å². The van der Waals surface area contributed by atoms with E-state index in [1.807, 2.05) is 11.8 Å². The van der Waals surface area contributed by atoms with Crippen molar-refractivity contribution in [1.82, 2.24) is 20.0 Å². The van der Waals surface area contributed by atoms with Crippen LogP contribution in [0.1, 0.15) is 6.92 Å². The van der Waals surface area contributed by atoms with E-state index in [2.05, 4.69) is 21.0 Å². The molecule has 2 aliphatic heterocycles. The van der Waals surface area contributed by atoms with Crippen LogP contribution in [0.2, 0.25) is 0 Å². The lowest BCUT2D eigenvalue weighted by Crippen LogP contribution is -2.55. The van der Waals surface area contributed by atoms with E-state index in [1.54, 1.807) is 0 Å². The molecule has 2 amide bonds.